The van der Waals surface area contributed by atoms with Gasteiger partial charge in [-0.2, -0.15) is 0 Å². The summed E-state index contributed by atoms with van der Waals surface area (Å²) in [5.74, 6) is -4.32. The van der Waals surface area contributed by atoms with Crippen molar-refractivity contribution in [1.82, 2.24) is 0 Å². The van der Waals surface area contributed by atoms with Gasteiger partial charge >= 0.3 is 0 Å². The summed E-state index contributed by atoms with van der Waals surface area (Å²) in [4.78, 5) is 40.4. The molecule has 1 saturated carbocycles. The molecule has 1 aliphatic carbocycles. The first kappa shape index (κ1) is 24.4. The molecular weight excluding hydrogens is 440 g/mol. The molecule has 1 fully saturated rings. The molecule has 3 aromatic carbocycles. The molecule has 0 heterocycles. The maximum Gasteiger partial charge on any atom is 0.235 e. The van der Waals surface area contributed by atoms with E-state index in [4.69, 9.17) is 0 Å². The van der Waals surface area contributed by atoms with E-state index in [1.54, 1.807) is 48.5 Å². The third-order valence-corrected chi connectivity index (χ3v) is 6.69. The van der Waals surface area contributed by atoms with Crippen molar-refractivity contribution < 1.29 is 19.5 Å². The molecule has 6 heteroatoms. The van der Waals surface area contributed by atoms with E-state index in [-0.39, 0.29) is 6.42 Å². The second-order valence-electron chi connectivity index (χ2n) is 9.29. The minimum absolute atomic E-state index is 0.295. The molecule has 4 rings (SSSR count). The van der Waals surface area contributed by atoms with Gasteiger partial charge in [0, 0.05) is 23.7 Å². The molecule has 0 radical (unpaired) electrons. The van der Waals surface area contributed by atoms with Crippen LogP contribution in [0.4, 0.5) is 11.4 Å². The number of hydrogen-bond acceptors (Lipinski definition) is 4. The number of nitrogens with one attached hydrogen (secondary N) is 2. The minimum Gasteiger partial charge on any atom is -0.389 e. The molecule has 0 unspecified atom stereocenters. The lowest BCUT2D eigenvalue weighted by Crippen LogP contribution is -2.56. The molecule has 6 nitrogen and oxygen atoms in total. The van der Waals surface area contributed by atoms with Gasteiger partial charge in [-0.15, -0.1) is 0 Å². The molecule has 0 bridgehead atoms. The number of carbonyl (C=O) groups is 3. The Morgan fingerprint density at radius 1 is 0.857 bits per heavy atom. The van der Waals surface area contributed by atoms with E-state index >= 15 is 0 Å². The minimum atomic E-state index is -1.63. The molecule has 3 aromatic rings. The fourth-order valence-corrected chi connectivity index (χ4v) is 4.95. The molecule has 0 aromatic heterocycles. The van der Waals surface area contributed by atoms with Gasteiger partial charge in [-0.3, -0.25) is 14.4 Å². The smallest absolute Gasteiger partial charge is 0.235 e. The number of aliphatic hydroxyl groups is 1. The average molecular weight is 471 g/mol. The summed E-state index contributed by atoms with van der Waals surface area (Å²) < 4.78 is 0. The number of amides is 2. The number of carbonyl (C=O) groups excluding carboxylic acids is 3. The number of para-hydroxylation sites is 2. The van der Waals surface area contributed by atoms with E-state index in [0.717, 1.165) is 12.0 Å². The summed E-state index contributed by atoms with van der Waals surface area (Å²) in [5, 5.41) is 17.1. The highest BCUT2D eigenvalue weighted by Gasteiger charge is 2.55. The Balaban J connectivity index is 1.76. The van der Waals surface area contributed by atoms with Crippen molar-refractivity contribution in [3.8, 4) is 0 Å². The Kier molecular flexibility index (Phi) is 7.12. The maximum absolute atomic E-state index is 13.6. The number of hydrogen-bond donors (Lipinski definition) is 3. The molecule has 0 saturated heterocycles. The lowest BCUT2D eigenvalue weighted by atomic mass is 9.61. The van der Waals surface area contributed by atoms with Gasteiger partial charge in [-0.1, -0.05) is 67.6 Å². The average Bonchev–Trinajstić information content (AvgIpc) is 2.84. The van der Waals surface area contributed by atoms with Crippen LogP contribution in [0.3, 0.4) is 0 Å². The van der Waals surface area contributed by atoms with Crippen LogP contribution in [0, 0.1) is 11.8 Å². The number of aryl methyl sites for hydroxylation is 1. The fourth-order valence-electron chi connectivity index (χ4n) is 4.95. The van der Waals surface area contributed by atoms with Crippen molar-refractivity contribution in [1.29, 1.82) is 0 Å². The molecule has 3 N–H and O–H groups in total. The number of ketones is 1. The zero-order chi connectivity index (χ0) is 25.0. The number of rotatable bonds is 6. The predicted molar refractivity (Wildman–Crippen MR) is 136 cm³/mol. The van der Waals surface area contributed by atoms with Crippen LogP contribution in [0.15, 0.2) is 84.9 Å². The Hall–Kier alpha value is -3.77. The summed E-state index contributed by atoms with van der Waals surface area (Å²) in [7, 11) is 0. The SMILES string of the molecule is CCc1ccc([C@@H]2[C@H](C(=O)Nc3ccccc3)C(=O)C[C@](C)(O)[C@H]2C(=O)Nc2ccccc2)cc1. The van der Waals surface area contributed by atoms with Crippen molar-refractivity contribution in [3.63, 3.8) is 0 Å². The van der Waals surface area contributed by atoms with E-state index in [0.29, 0.717) is 16.9 Å². The van der Waals surface area contributed by atoms with Gasteiger partial charge in [0.2, 0.25) is 11.8 Å². The summed E-state index contributed by atoms with van der Waals surface area (Å²) in [6.07, 6.45) is 0.535. The molecule has 35 heavy (non-hydrogen) atoms. The van der Waals surface area contributed by atoms with Crippen LogP contribution in [0.2, 0.25) is 0 Å². The van der Waals surface area contributed by atoms with Crippen LogP contribution in [-0.4, -0.2) is 28.3 Å². The Morgan fingerprint density at radius 3 is 1.89 bits per heavy atom. The lowest BCUT2D eigenvalue weighted by molar-refractivity contribution is -0.150. The fraction of sp³-hybridized carbons (Fsp3) is 0.276. The predicted octanol–water partition coefficient (Wildman–Crippen LogP) is 4.57. The van der Waals surface area contributed by atoms with E-state index < -0.39 is 41.0 Å². The Bertz CT molecular complexity index is 1190. The second-order valence-corrected chi connectivity index (χ2v) is 9.29. The van der Waals surface area contributed by atoms with Crippen LogP contribution >= 0.6 is 0 Å². The molecule has 4 atom stereocenters. The van der Waals surface area contributed by atoms with Gasteiger partial charge < -0.3 is 15.7 Å². The number of anilines is 2. The third-order valence-electron chi connectivity index (χ3n) is 6.69. The van der Waals surface area contributed by atoms with Gasteiger partial charge in [-0.25, -0.2) is 0 Å². The number of Topliss-reactive ketones (excluding diaryl/α,β-unsaturated/α-hetero) is 1. The molecule has 180 valence electrons. The topological polar surface area (TPSA) is 95.5 Å². The summed E-state index contributed by atoms with van der Waals surface area (Å²) in [5.41, 5.74) is 1.27. The van der Waals surface area contributed by atoms with Gasteiger partial charge in [-0.05, 0) is 48.7 Å². The first-order valence-electron chi connectivity index (χ1n) is 11.9. The lowest BCUT2D eigenvalue weighted by Gasteiger charge is -2.44. The quantitative estimate of drug-likeness (QED) is 0.460. The first-order chi connectivity index (χ1) is 16.8. The van der Waals surface area contributed by atoms with Crippen molar-refractivity contribution in [2.24, 2.45) is 11.8 Å². The van der Waals surface area contributed by atoms with Gasteiger partial charge in [0.1, 0.15) is 11.7 Å². The van der Waals surface area contributed by atoms with Crippen molar-refractivity contribution in [2.45, 2.75) is 38.2 Å². The van der Waals surface area contributed by atoms with E-state index in [2.05, 4.69) is 10.6 Å². The standard InChI is InChI=1S/C29H30N2O4/c1-3-19-14-16-20(17-15-19)24-25(27(33)30-21-10-6-4-7-11-21)23(32)18-29(2,35)26(24)28(34)31-22-12-8-5-9-13-22/h4-17,24-26,35H,3,18H2,1-2H3,(H,30,33)(H,31,34)/t24-,25-,26-,29+/m1/s1. The summed E-state index contributed by atoms with van der Waals surface area (Å²) in [6, 6.07) is 25.4. The maximum atomic E-state index is 13.6. The zero-order valence-electron chi connectivity index (χ0n) is 19.9. The highest BCUT2D eigenvalue weighted by molar-refractivity contribution is 6.10. The van der Waals surface area contributed by atoms with E-state index in [9.17, 15) is 19.5 Å². The third kappa shape index (κ3) is 5.33. The van der Waals surface area contributed by atoms with Crippen LogP contribution in [0.25, 0.3) is 0 Å². The van der Waals surface area contributed by atoms with Crippen LogP contribution in [0.1, 0.15) is 37.3 Å². The normalized spacial score (nSPS) is 24.0. The van der Waals surface area contributed by atoms with Gasteiger partial charge in [0.05, 0.1) is 11.5 Å². The van der Waals surface area contributed by atoms with Gasteiger partial charge in [0.15, 0.2) is 0 Å². The van der Waals surface area contributed by atoms with Crippen molar-refractivity contribution >= 4 is 29.0 Å². The number of benzene rings is 3. The zero-order valence-corrected chi connectivity index (χ0v) is 19.9. The second kappa shape index (κ2) is 10.2. The van der Waals surface area contributed by atoms with Crippen LogP contribution < -0.4 is 10.6 Å². The Labute approximate surface area is 205 Å². The van der Waals surface area contributed by atoms with Crippen molar-refractivity contribution in [2.75, 3.05) is 10.6 Å². The summed E-state index contributed by atoms with van der Waals surface area (Å²) in [6.45, 7) is 3.54. The van der Waals surface area contributed by atoms with Crippen LogP contribution in [0.5, 0.6) is 0 Å². The van der Waals surface area contributed by atoms with Crippen LogP contribution in [-0.2, 0) is 20.8 Å². The molecule has 1 aliphatic rings. The largest absolute Gasteiger partial charge is 0.389 e. The molecule has 0 aliphatic heterocycles. The molecule has 0 spiro atoms. The summed E-state index contributed by atoms with van der Waals surface area (Å²) >= 11 is 0. The Morgan fingerprint density at radius 2 is 1.37 bits per heavy atom. The molecule has 2 amide bonds. The first-order valence-corrected chi connectivity index (χ1v) is 11.9. The van der Waals surface area contributed by atoms with Gasteiger partial charge in [0.25, 0.3) is 0 Å². The monoisotopic (exact) mass is 470 g/mol. The highest BCUT2D eigenvalue weighted by atomic mass is 16.3. The van der Waals surface area contributed by atoms with E-state index in [1.807, 2.05) is 43.3 Å². The molecular formula is C29H30N2O4. The van der Waals surface area contributed by atoms with Crippen molar-refractivity contribution in [3.05, 3.63) is 96.1 Å². The highest BCUT2D eigenvalue weighted by Crippen LogP contribution is 2.46. The van der Waals surface area contributed by atoms with E-state index in [1.165, 1.54) is 6.92 Å².